The summed E-state index contributed by atoms with van der Waals surface area (Å²) in [6.45, 7) is 51.1. The van der Waals surface area contributed by atoms with Gasteiger partial charge in [-0.1, -0.05) is 179 Å². The van der Waals surface area contributed by atoms with Crippen LogP contribution in [-0.2, 0) is 144 Å². The van der Waals surface area contributed by atoms with Gasteiger partial charge < -0.3 is 59.0 Å². The molecule has 0 aliphatic carbocycles. The predicted molar refractivity (Wildman–Crippen MR) is 440 cm³/mol. The van der Waals surface area contributed by atoms with E-state index < -0.39 is 76.9 Å². The first-order chi connectivity index (χ1) is 42.4. The van der Waals surface area contributed by atoms with E-state index in [0.717, 1.165) is 0 Å². The number of hydrogen-bond acceptors (Lipinski definition) is 30. The zero-order valence-corrected chi connectivity index (χ0v) is 76.8. The lowest BCUT2D eigenvalue weighted by molar-refractivity contribution is -0.142. The van der Waals surface area contributed by atoms with Crippen LogP contribution in [0, 0.1) is 47.3 Å². The summed E-state index contributed by atoms with van der Waals surface area (Å²) < 4.78 is 96.9. The monoisotopic (exact) mass is 1700 g/mol. The molecule has 552 valence electrons. The minimum absolute atomic E-state index is 0.107. The molecule has 0 heterocycles. The highest BCUT2D eigenvalue weighted by molar-refractivity contribution is 8.87. The van der Waals surface area contributed by atoms with Gasteiger partial charge in [-0.15, -0.1) is 0 Å². The normalized spacial score (nSPS) is 17.3. The summed E-state index contributed by atoms with van der Waals surface area (Å²) in [6.07, 6.45) is -5.18. The lowest BCUT2D eigenvalue weighted by atomic mass is 10.2. The van der Waals surface area contributed by atoms with Gasteiger partial charge in [-0.3, -0.25) is 4.79 Å². The molecule has 8 atom stereocenters. The maximum absolute atomic E-state index is 12.7. The van der Waals surface area contributed by atoms with Crippen LogP contribution in [0.5, 0.6) is 0 Å². The Morgan fingerprint density at radius 3 is 0.793 bits per heavy atom. The topological polar surface area (TPSA) is 156 Å². The lowest BCUT2D eigenvalue weighted by Crippen LogP contribution is -2.18. The van der Waals surface area contributed by atoms with Gasteiger partial charge in [0.25, 0.3) is 0 Å². The van der Waals surface area contributed by atoms with E-state index in [1.165, 1.54) is 79.7 Å². The van der Waals surface area contributed by atoms with Crippen molar-refractivity contribution in [3.8, 4) is 0 Å². The molecular formula is C55H118O16P7S14+. The summed E-state index contributed by atoms with van der Waals surface area (Å²) in [6, 6.07) is 0. The highest BCUT2D eigenvalue weighted by Gasteiger charge is 2.43. The minimum Gasteiger partial charge on any atom is -0.466 e. The van der Waals surface area contributed by atoms with Crippen molar-refractivity contribution in [2.45, 2.75) is 202 Å². The highest BCUT2D eigenvalue weighted by atomic mass is 33.1. The van der Waals surface area contributed by atoms with Gasteiger partial charge in [-0.25, -0.2) is 0 Å². The number of esters is 1. The Morgan fingerprint density at radius 2 is 0.565 bits per heavy atom. The third-order valence-electron chi connectivity index (χ3n) is 10.1. The smallest absolute Gasteiger partial charge is 0.392 e. The molecule has 0 aromatic rings. The van der Waals surface area contributed by atoms with Gasteiger partial charge in [-0.05, 0) is 167 Å². The standard InChI is InChI=1S/C55H118O16P7S14/c1-24-57-55(56)25-26-86-76(83,66-53(22)39-91-77(84,68-49(18)35-87-72(79,58-27-41(2)3)59-28-42(4)5)69-50(19)36-88-73(80,60-29-43(6)7)61-30-44(8)9)67-54(23)40-92-78(85,70-51(20)37-89-74(81,62-31-45(10)11)63-32-46(12)13)71-52(21)38-90-75(82,64-33-47(14)15)65-34-48(16)17/h41-54,79H,24-40H2,1-23H3/q+1. The van der Waals surface area contributed by atoms with Crippen molar-refractivity contribution < 1.29 is 72.9 Å². The Hall–Kier alpha value is 6.04. The lowest BCUT2D eigenvalue weighted by Gasteiger charge is -2.32. The first-order valence-corrected chi connectivity index (χ1v) is 61.3. The summed E-state index contributed by atoms with van der Waals surface area (Å²) in [5.41, 5.74) is -17.8. The van der Waals surface area contributed by atoms with E-state index in [1.807, 2.05) is 41.5 Å². The summed E-state index contributed by atoms with van der Waals surface area (Å²) >= 11 is 52.6. The largest absolute Gasteiger partial charge is 0.466 e. The van der Waals surface area contributed by atoms with Crippen LogP contribution in [0.1, 0.15) is 166 Å². The van der Waals surface area contributed by atoms with Crippen molar-refractivity contribution in [3.63, 3.8) is 0 Å². The van der Waals surface area contributed by atoms with E-state index >= 15 is 0 Å². The Bertz CT molecular complexity index is 2190. The van der Waals surface area contributed by atoms with E-state index in [2.05, 4.69) is 111 Å². The van der Waals surface area contributed by atoms with Crippen LogP contribution in [0.4, 0.5) is 0 Å². The molecule has 16 nitrogen and oxygen atoms in total. The Balaban J connectivity index is 7.20. The van der Waals surface area contributed by atoms with Gasteiger partial charge in [0.2, 0.25) is 34.2 Å². The maximum atomic E-state index is 12.7. The van der Waals surface area contributed by atoms with Gasteiger partial charge in [0, 0.05) is 34.5 Å². The molecule has 0 spiro atoms. The van der Waals surface area contributed by atoms with E-state index in [0.29, 0.717) is 93.1 Å². The Labute approximate surface area is 624 Å². The molecule has 0 amide bonds. The average Bonchev–Trinajstić information content (AvgIpc) is 2.03. The number of ether oxygens (including phenoxy) is 1. The van der Waals surface area contributed by atoms with Crippen molar-refractivity contribution in [1.29, 1.82) is 0 Å². The van der Waals surface area contributed by atoms with Gasteiger partial charge in [-0.2, -0.15) is 9.05 Å². The number of hydrogen-bond donors (Lipinski definition) is 1. The molecule has 37 heteroatoms. The quantitative estimate of drug-likeness (QED) is 0.0348. The summed E-state index contributed by atoms with van der Waals surface area (Å²) in [5, 5.41) is 0. The Morgan fingerprint density at radius 1 is 0.348 bits per heavy atom. The number of thiol groups is 1. The summed E-state index contributed by atoms with van der Waals surface area (Å²) in [7, 11) is 0. The molecule has 0 aromatic heterocycles. The van der Waals surface area contributed by atoms with Crippen molar-refractivity contribution in [3.05, 3.63) is 0 Å². The SMILES string of the molecule is CCOC(=O)CCSP(=S)(OC(C)CSP(=S)(OC(C)CSP(=S)(OCC(C)C)OCC(C)C)OC(C)CSP(=S)(OCC(C)C)OCC(C)C)OC(C)CSP(=S)(OC(C)CSP(=S)(OCC(C)C)OCC(C)C)OC(C)CS[P+](S)(OCC(C)C)OCC(C)C. The molecule has 0 bridgehead atoms. The summed E-state index contributed by atoms with van der Waals surface area (Å²) in [4.78, 5) is 12.7. The molecule has 0 aromatic carbocycles. The van der Waals surface area contributed by atoms with Crippen LogP contribution >= 0.6 is 132 Å². The molecule has 0 fully saturated rings. The van der Waals surface area contributed by atoms with Crippen molar-refractivity contribution >= 4 is 209 Å². The number of rotatable bonds is 59. The first-order valence-electron chi connectivity index (χ1n) is 31.5. The molecule has 0 rings (SSSR count). The van der Waals surface area contributed by atoms with Crippen molar-refractivity contribution in [2.24, 2.45) is 47.3 Å². The van der Waals surface area contributed by atoms with Crippen molar-refractivity contribution in [2.75, 3.05) is 99.7 Å². The molecule has 92 heavy (non-hydrogen) atoms. The third-order valence-corrected chi connectivity index (χ3v) is 48.7. The molecule has 0 aliphatic rings. The van der Waals surface area contributed by atoms with Crippen LogP contribution in [0.2, 0.25) is 0 Å². The zero-order chi connectivity index (χ0) is 70.7. The average molecular weight is 1700 g/mol. The van der Waals surface area contributed by atoms with Crippen LogP contribution in [-0.4, -0.2) is 142 Å². The van der Waals surface area contributed by atoms with E-state index in [9.17, 15) is 4.79 Å². The number of carbonyl (C=O) groups is 1. The molecule has 0 saturated heterocycles. The molecule has 0 N–H and O–H groups in total. The van der Waals surface area contributed by atoms with Crippen LogP contribution in [0.15, 0.2) is 0 Å². The minimum atomic E-state index is -3.25. The van der Waals surface area contributed by atoms with Crippen LogP contribution in [0.3, 0.4) is 0 Å². The molecular weight excluding hydrogens is 1580 g/mol. The van der Waals surface area contributed by atoms with Gasteiger partial charge in [0.15, 0.2) is 0 Å². The van der Waals surface area contributed by atoms with Crippen LogP contribution < -0.4 is 0 Å². The zero-order valence-electron chi connectivity index (χ0n) is 59.0. The molecule has 0 saturated carbocycles. The first kappa shape index (κ1) is 98.0. The second-order valence-electron chi connectivity index (χ2n) is 25.3. The van der Waals surface area contributed by atoms with Crippen molar-refractivity contribution in [1.82, 2.24) is 0 Å². The molecule has 8 unspecified atom stereocenters. The molecule has 0 radical (unpaired) electrons. The highest BCUT2D eigenvalue weighted by Crippen LogP contribution is 2.77. The fourth-order valence-electron chi connectivity index (χ4n) is 5.79. The Kier molecular flexibility index (Phi) is 54.7. The predicted octanol–water partition coefficient (Wildman–Crippen LogP) is 22.8. The fraction of sp³-hybridized carbons (Fsp3) is 0.982. The maximum Gasteiger partial charge on any atom is 0.392 e. The van der Waals surface area contributed by atoms with E-state index in [1.54, 1.807) is 6.92 Å². The van der Waals surface area contributed by atoms with E-state index in [-0.39, 0.29) is 66.3 Å². The van der Waals surface area contributed by atoms with Gasteiger partial charge in [0.05, 0.1) is 132 Å². The van der Waals surface area contributed by atoms with Crippen LogP contribution in [0.25, 0.3) is 0 Å². The second kappa shape index (κ2) is 51.3. The van der Waals surface area contributed by atoms with Gasteiger partial charge in [0.1, 0.15) is 0 Å². The molecule has 0 aliphatic heterocycles. The third kappa shape index (κ3) is 51.3. The van der Waals surface area contributed by atoms with Gasteiger partial charge >= 0.3 is 12.1 Å². The fourth-order valence-corrected chi connectivity index (χ4v) is 41.2. The van der Waals surface area contributed by atoms with E-state index in [4.69, 9.17) is 151 Å². The second-order valence-corrected chi connectivity index (χ2v) is 69.9. The summed E-state index contributed by atoms with van der Waals surface area (Å²) in [5.74, 6) is 4.67. The number of carbonyl (C=O) groups excluding carboxylic acids is 1.